The lowest BCUT2D eigenvalue weighted by molar-refractivity contribution is -0.117. The number of carbonyl (C=O) groups excluding carboxylic acids is 1. The number of methoxy groups -OCH3 is 1. The van der Waals surface area contributed by atoms with Gasteiger partial charge in [-0.15, -0.1) is 0 Å². The number of hydrogen-bond acceptors (Lipinski definition) is 7. The highest BCUT2D eigenvalue weighted by molar-refractivity contribution is 6.01. The van der Waals surface area contributed by atoms with Gasteiger partial charge in [0.05, 0.1) is 13.2 Å². The van der Waals surface area contributed by atoms with E-state index in [0.717, 1.165) is 12.8 Å². The van der Waals surface area contributed by atoms with Crippen molar-refractivity contribution < 1.29 is 19.0 Å². The molecule has 1 fully saturated rings. The molecule has 0 bridgehead atoms. The van der Waals surface area contributed by atoms with Gasteiger partial charge in [-0.1, -0.05) is 18.2 Å². The molecule has 2 aromatic heterocycles. The molecule has 0 saturated carbocycles. The summed E-state index contributed by atoms with van der Waals surface area (Å²) in [5.74, 6) is 0.129. The summed E-state index contributed by atoms with van der Waals surface area (Å²) < 4.78 is 18.1. The first-order valence-corrected chi connectivity index (χ1v) is 10.4. The fourth-order valence-corrected chi connectivity index (χ4v) is 3.49. The summed E-state index contributed by atoms with van der Waals surface area (Å²) in [6, 6.07) is 13.8. The lowest BCUT2D eigenvalue weighted by atomic mass is 10.1. The Balaban J connectivity index is 1.75. The number of fused-ring (bicyclic) bond motifs is 1. The van der Waals surface area contributed by atoms with Gasteiger partial charge in [0.1, 0.15) is 22.9 Å². The first-order chi connectivity index (χ1) is 16.1. The molecule has 3 aromatic rings. The number of nitrogens with zero attached hydrogens (tertiary/aromatic N) is 3. The van der Waals surface area contributed by atoms with Crippen LogP contribution in [0.1, 0.15) is 18.4 Å². The average Bonchev–Trinajstić information content (AvgIpc) is 3.37. The Bertz CT molecular complexity index is 1300. The molecular formula is C24H22N4O5. The van der Waals surface area contributed by atoms with Gasteiger partial charge in [0.25, 0.3) is 11.5 Å². The third-order valence-corrected chi connectivity index (χ3v) is 5.18. The normalized spacial score (nSPS) is 15.8. The van der Waals surface area contributed by atoms with E-state index in [4.69, 9.17) is 14.2 Å². The van der Waals surface area contributed by atoms with Crippen molar-refractivity contribution in [3.05, 3.63) is 70.2 Å². The fourth-order valence-electron chi connectivity index (χ4n) is 3.49. The second-order valence-electron chi connectivity index (χ2n) is 7.33. The molecule has 9 nitrogen and oxygen atoms in total. The number of rotatable bonds is 7. The third kappa shape index (κ3) is 4.86. The predicted octanol–water partition coefficient (Wildman–Crippen LogP) is 2.70. The molecule has 168 valence electrons. The van der Waals surface area contributed by atoms with Crippen molar-refractivity contribution in [1.29, 1.82) is 5.26 Å². The van der Waals surface area contributed by atoms with Gasteiger partial charge in [-0.25, -0.2) is 0 Å². The average molecular weight is 446 g/mol. The lowest BCUT2D eigenvalue weighted by Crippen LogP contribution is -2.32. The predicted molar refractivity (Wildman–Crippen MR) is 120 cm³/mol. The summed E-state index contributed by atoms with van der Waals surface area (Å²) in [6.07, 6.45) is 4.46. The minimum absolute atomic E-state index is 0.0339. The number of benzene rings is 1. The van der Waals surface area contributed by atoms with Crippen LogP contribution in [0, 0.1) is 11.3 Å². The number of para-hydroxylation sites is 2. The molecule has 33 heavy (non-hydrogen) atoms. The summed E-state index contributed by atoms with van der Waals surface area (Å²) in [7, 11) is 1.50. The van der Waals surface area contributed by atoms with E-state index in [9.17, 15) is 14.9 Å². The highest BCUT2D eigenvalue weighted by Crippen LogP contribution is 2.31. The number of carbonyl (C=O) groups is 1. The SMILES string of the molecule is COc1ccccc1Oc1nc2ccccn2c(=O)c1/C=C(\C#N)C(=O)NC[C@@H]1CCCO1. The van der Waals surface area contributed by atoms with Gasteiger partial charge in [0.15, 0.2) is 11.5 Å². The minimum Gasteiger partial charge on any atom is -0.493 e. The number of amides is 1. The quantitative estimate of drug-likeness (QED) is 0.438. The van der Waals surface area contributed by atoms with Crippen molar-refractivity contribution in [3.63, 3.8) is 0 Å². The Morgan fingerprint density at radius 1 is 1.30 bits per heavy atom. The Hall–Kier alpha value is -4.16. The number of nitriles is 1. The molecule has 1 saturated heterocycles. The number of pyridine rings is 1. The Labute approximate surface area is 189 Å². The maximum absolute atomic E-state index is 13.2. The van der Waals surface area contributed by atoms with Crippen LogP contribution in [0.15, 0.2) is 59.0 Å². The first kappa shape index (κ1) is 22.0. The molecule has 1 aliphatic rings. The molecule has 0 spiro atoms. The first-order valence-electron chi connectivity index (χ1n) is 10.4. The monoisotopic (exact) mass is 446 g/mol. The van der Waals surface area contributed by atoms with Crippen molar-refractivity contribution in [2.24, 2.45) is 0 Å². The van der Waals surface area contributed by atoms with E-state index in [2.05, 4.69) is 10.3 Å². The Kier molecular flexibility index (Phi) is 6.66. The van der Waals surface area contributed by atoms with Crippen LogP contribution in [0.25, 0.3) is 11.7 Å². The summed E-state index contributed by atoms with van der Waals surface area (Å²) >= 11 is 0. The van der Waals surface area contributed by atoms with Gasteiger partial charge in [0, 0.05) is 19.3 Å². The van der Waals surface area contributed by atoms with Gasteiger partial charge in [-0.05, 0) is 43.2 Å². The van der Waals surface area contributed by atoms with Gasteiger partial charge >= 0.3 is 0 Å². The Morgan fingerprint density at radius 3 is 2.82 bits per heavy atom. The zero-order chi connectivity index (χ0) is 23.2. The van der Waals surface area contributed by atoms with Crippen LogP contribution in [0.4, 0.5) is 0 Å². The molecule has 1 amide bonds. The van der Waals surface area contributed by atoms with E-state index >= 15 is 0 Å². The van der Waals surface area contributed by atoms with Crippen LogP contribution in [0.5, 0.6) is 17.4 Å². The molecule has 1 N–H and O–H groups in total. The standard InChI is InChI=1S/C24H22N4O5/c1-31-19-8-2-3-9-20(19)33-23-18(24(30)28-11-5-4-10-21(28)27-23)13-16(14-25)22(29)26-15-17-7-6-12-32-17/h2-5,8-11,13,17H,6-7,12,15H2,1H3,(H,26,29)/b16-13+/t17-/m0/s1. The fraction of sp³-hybridized carbons (Fsp3) is 0.250. The van der Waals surface area contributed by atoms with Crippen molar-refractivity contribution in [1.82, 2.24) is 14.7 Å². The Morgan fingerprint density at radius 2 is 2.09 bits per heavy atom. The number of hydrogen-bond donors (Lipinski definition) is 1. The van der Waals surface area contributed by atoms with Crippen molar-refractivity contribution in [2.75, 3.05) is 20.3 Å². The largest absolute Gasteiger partial charge is 0.493 e. The van der Waals surface area contributed by atoms with Crippen LogP contribution in [0.2, 0.25) is 0 Å². The summed E-state index contributed by atoms with van der Waals surface area (Å²) in [4.78, 5) is 30.3. The highest BCUT2D eigenvalue weighted by atomic mass is 16.5. The van der Waals surface area contributed by atoms with E-state index in [1.165, 1.54) is 17.6 Å². The molecule has 9 heteroatoms. The smallest absolute Gasteiger partial charge is 0.269 e. The molecule has 1 atom stereocenters. The van der Waals surface area contributed by atoms with Crippen LogP contribution in [-0.4, -0.2) is 41.7 Å². The van der Waals surface area contributed by atoms with Crippen LogP contribution >= 0.6 is 0 Å². The topological polar surface area (TPSA) is 115 Å². The van der Waals surface area contributed by atoms with Crippen LogP contribution < -0.4 is 20.3 Å². The molecule has 3 heterocycles. The third-order valence-electron chi connectivity index (χ3n) is 5.18. The summed E-state index contributed by atoms with van der Waals surface area (Å²) in [5, 5.41) is 12.3. The van der Waals surface area contributed by atoms with Gasteiger partial charge in [-0.2, -0.15) is 10.2 Å². The van der Waals surface area contributed by atoms with Crippen LogP contribution in [0.3, 0.4) is 0 Å². The zero-order valence-electron chi connectivity index (χ0n) is 18.0. The van der Waals surface area contributed by atoms with Crippen LogP contribution in [-0.2, 0) is 9.53 Å². The molecule has 1 aromatic carbocycles. The lowest BCUT2D eigenvalue weighted by Gasteiger charge is -2.13. The molecule has 0 unspecified atom stereocenters. The van der Waals surface area contributed by atoms with E-state index in [0.29, 0.717) is 23.8 Å². The molecular weight excluding hydrogens is 424 g/mol. The van der Waals surface area contributed by atoms with Gasteiger partial charge in [0.2, 0.25) is 5.88 Å². The molecule has 1 aliphatic heterocycles. The minimum atomic E-state index is -0.603. The second kappa shape index (κ2) is 9.97. The van der Waals surface area contributed by atoms with E-state index in [-0.39, 0.29) is 29.7 Å². The van der Waals surface area contributed by atoms with Gasteiger partial charge < -0.3 is 19.5 Å². The summed E-state index contributed by atoms with van der Waals surface area (Å²) in [5.41, 5.74) is -0.405. The zero-order valence-corrected chi connectivity index (χ0v) is 18.0. The number of aromatic nitrogens is 2. The van der Waals surface area contributed by atoms with E-state index < -0.39 is 11.5 Å². The molecule has 0 aliphatic carbocycles. The molecule has 4 rings (SSSR count). The number of ether oxygens (including phenoxy) is 3. The highest BCUT2D eigenvalue weighted by Gasteiger charge is 2.20. The van der Waals surface area contributed by atoms with E-state index in [1.54, 1.807) is 48.7 Å². The maximum Gasteiger partial charge on any atom is 0.269 e. The summed E-state index contributed by atoms with van der Waals surface area (Å²) in [6.45, 7) is 0.946. The number of nitrogens with one attached hydrogen (secondary N) is 1. The maximum atomic E-state index is 13.2. The molecule has 0 radical (unpaired) electrons. The van der Waals surface area contributed by atoms with Crippen molar-refractivity contribution >= 4 is 17.6 Å². The van der Waals surface area contributed by atoms with E-state index in [1.807, 2.05) is 6.07 Å². The second-order valence-corrected chi connectivity index (χ2v) is 7.33. The van der Waals surface area contributed by atoms with Crippen molar-refractivity contribution in [3.8, 4) is 23.4 Å². The van der Waals surface area contributed by atoms with Crippen molar-refractivity contribution in [2.45, 2.75) is 18.9 Å². The van der Waals surface area contributed by atoms with Gasteiger partial charge in [-0.3, -0.25) is 14.0 Å².